The molecule has 0 saturated carbocycles. The fraction of sp³-hybridized carbons (Fsp3) is 0.211. The molecule has 122 valence electrons. The molecule has 24 heavy (non-hydrogen) atoms. The Labute approximate surface area is 139 Å². The SMILES string of the molecule is CC(C)(C)OC(=O)c1ccc2c(c1N)C(=O)c1ccccc1C2=O. The van der Waals surface area contributed by atoms with E-state index in [2.05, 4.69) is 0 Å². The van der Waals surface area contributed by atoms with Crippen LogP contribution in [0.25, 0.3) is 0 Å². The van der Waals surface area contributed by atoms with Gasteiger partial charge in [0.05, 0.1) is 16.8 Å². The zero-order valence-electron chi connectivity index (χ0n) is 13.7. The van der Waals surface area contributed by atoms with Gasteiger partial charge in [0, 0.05) is 16.7 Å². The summed E-state index contributed by atoms with van der Waals surface area (Å²) in [6, 6.07) is 9.47. The highest BCUT2D eigenvalue weighted by Crippen LogP contribution is 2.33. The Morgan fingerprint density at radius 3 is 2.08 bits per heavy atom. The number of nitrogen functional groups attached to an aromatic ring is 1. The topological polar surface area (TPSA) is 86.5 Å². The summed E-state index contributed by atoms with van der Waals surface area (Å²) in [7, 11) is 0. The first kappa shape index (κ1) is 15.9. The lowest BCUT2D eigenvalue weighted by Gasteiger charge is -2.23. The first-order valence-corrected chi connectivity index (χ1v) is 7.55. The first-order valence-electron chi connectivity index (χ1n) is 7.55. The van der Waals surface area contributed by atoms with Crippen molar-refractivity contribution in [1.29, 1.82) is 0 Å². The molecule has 0 fully saturated rings. The second-order valence-corrected chi connectivity index (χ2v) is 6.66. The van der Waals surface area contributed by atoms with Crippen molar-refractivity contribution in [2.24, 2.45) is 0 Å². The molecule has 0 aromatic heterocycles. The number of hydrogen-bond acceptors (Lipinski definition) is 5. The summed E-state index contributed by atoms with van der Waals surface area (Å²) in [6.45, 7) is 5.22. The Morgan fingerprint density at radius 1 is 0.917 bits per heavy atom. The molecule has 0 radical (unpaired) electrons. The summed E-state index contributed by atoms with van der Waals surface area (Å²) in [4.78, 5) is 37.6. The van der Waals surface area contributed by atoms with Crippen LogP contribution in [0.5, 0.6) is 0 Å². The lowest BCUT2D eigenvalue weighted by atomic mass is 9.82. The quantitative estimate of drug-likeness (QED) is 0.549. The number of rotatable bonds is 1. The highest BCUT2D eigenvalue weighted by molar-refractivity contribution is 6.30. The lowest BCUT2D eigenvalue weighted by molar-refractivity contribution is 0.00706. The van der Waals surface area contributed by atoms with Gasteiger partial charge in [0.2, 0.25) is 0 Å². The van der Waals surface area contributed by atoms with Crippen LogP contribution in [0.3, 0.4) is 0 Å². The van der Waals surface area contributed by atoms with E-state index in [1.54, 1.807) is 45.0 Å². The molecule has 2 N–H and O–H groups in total. The normalized spacial score (nSPS) is 13.3. The maximum atomic E-state index is 12.8. The molecule has 0 saturated heterocycles. The van der Waals surface area contributed by atoms with Crippen LogP contribution >= 0.6 is 0 Å². The third-order valence-electron chi connectivity index (χ3n) is 3.75. The van der Waals surface area contributed by atoms with Gasteiger partial charge in [0.25, 0.3) is 0 Å². The summed E-state index contributed by atoms with van der Waals surface area (Å²) in [5, 5.41) is 0. The largest absolute Gasteiger partial charge is 0.456 e. The van der Waals surface area contributed by atoms with Crippen LogP contribution < -0.4 is 5.73 Å². The minimum absolute atomic E-state index is 0.0189. The van der Waals surface area contributed by atoms with Crippen LogP contribution in [-0.4, -0.2) is 23.1 Å². The molecule has 0 aliphatic heterocycles. The third-order valence-corrected chi connectivity index (χ3v) is 3.75. The minimum Gasteiger partial charge on any atom is -0.456 e. The third kappa shape index (κ3) is 2.48. The van der Waals surface area contributed by atoms with Crippen LogP contribution in [0.4, 0.5) is 5.69 Å². The molecule has 0 amide bonds. The molecular weight excluding hydrogens is 306 g/mol. The summed E-state index contributed by atoms with van der Waals surface area (Å²) < 4.78 is 5.31. The summed E-state index contributed by atoms with van der Waals surface area (Å²) >= 11 is 0. The number of ether oxygens (including phenoxy) is 1. The van der Waals surface area contributed by atoms with E-state index in [9.17, 15) is 14.4 Å². The number of hydrogen-bond donors (Lipinski definition) is 1. The Hall–Kier alpha value is -2.95. The van der Waals surface area contributed by atoms with E-state index in [-0.39, 0.29) is 33.9 Å². The molecule has 2 aromatic rings. The molecule has 0 spiro atoms. The fourth-order valence-corrected chi connectivity index (χ4v) is 2.72. The smallest absolute Gasteiger partial charge is 0.340 e. The number of anilines is 1. The standard InChI is InChI=1S/C19H17NO4/c1-19(2,3)24-18(23)13-9-8-12-14(15(13)20)17(22)11-7-5-4-6-10(11)16(12)21/h4-9H,20H2,1-3H3. The zero-order valence-corrected chi connectivity index (χ0v) is 13.7. The molecule has 0 atom stereocenters. The molecule has 3 rings (SSSR count). The predicted octanol–water partition coefficient (Wildman–Crippen LogP) is 3.00. The van der Waals surface area contributed by atoms with Gasteiger partial charge < -0.3 is 10.5 Å². The number of ketones is 2. The maximum Gasteiger partial charge on any atom is 0.340 e. The van der Waals surface area contributed by atoms with E-state index >= 15 is 0 Å². The molecule has 0 unspecified atom stereocenters. The van der Waals surface area contributed by atoms with Crippen LogP contribution in [0.2, 0.25) is 0 Å². The van der Waals surface area contributed by atoms with Crippen molar-refractivity contribution in [2.45, 2.75) is 26.4 Å². The van der Waals surface area contributed by atoms with Crippen LogP contribution in [0, 0.1) is 0 Å². The molecule has 5 nitrogen and oxygen atoms in total. The highest BCUT2D eigenvalue weighted by Gasteiger charge is 2.33. The van der Waals surface area contributed by atoms with Gasteiger partial charge in [0.1, 0.15) is 5.60 Å². The van der Waals surface area contributed by atoms with Crippen molar-refractivity contribution in [3.63, 3.8) is 0 Å². The average Bonchev–Trinajstić information content (AvgIpc) is 2.50. The number of benzene rings is 2. The second-order valence-electron chi connectivity index (χ2n) is 6.66. The van der Waals surface area contributed by atoms with Gasteiger partial charge in [-0.05, 0) is 32.9 Å². The van der Waals surface area contributed by atoms with Gasteiger partial charge >= 0.3 is 5.97 Å². The zero-order chi connectivity index (χ0) is 17.6. The number of fused-ring (bicyclic) bond motifs is 2. The summed E-state index contributed by atoms with van der Waals surface area (Å²) in [5.74, 6) is -1.26. The van der Waals surface area contributed by atoms with Gasteiger partial charge in [0.15, 0.2) is 11.6 Å². The monoisotopic (exact) mass is 323 g/mol. The predicted molar refractivity (Wildman–Crippen MR) is 89.3 cm³/mol. The van der Waals surface area contributed by atoms with E-state index in [0.29, 0.717) is 11.1 Å². The van der Waals surface area contributed by atoms with Gasteiger partial charge in [-0.2, -0.15) is 0 Å². The van der Waals surface area contributed by atoms with Crippen LogP contribution in [-0.2, 0) is 4.74 Å². The summed E-state index contributed by atoms with van der Waals surface area (Å²) in [5.41, 5.74) is 6.36. The van der Waals surface area contributed by atoms with Gasteiger partial charge in [-0.25, -0.2) is 4.79 Å². The Bertz CT molecular complexity index is 891. The minimum atomic E-state index is -0.689. The number of nitrogens with two attached hydrogens (primary N) is 1. The van der Waals surface area contributed by atoms with Crippen molar-refractivity contribution < 1.29 is 19.1 Å². The fourth-order valence-electron chi connectivity index (χ4n) is 2.72. The van der Waals surface area contributed by atoms with Crippen LogP contribution in [0.15, 0.2) is 36.4 Å². The van der Waals surface area contributed by atoms with Crippen molar-refractivity contribution in [2.75, 3.05) is 5.73 Å². The number of carbonyl (C=O) groups is 3. The molecule has 2 aromatic carbocycles. The molecule has 1 aliphatic carbocycles. The molecule has 0 bridgehead atoms. The Balaban J connectivity index is 2.14. The second kappa shape index (κ2) is 5.30. The molecular formula is C19H17NO4. The van der Waals surface area contributed by atoms with Crippen molar-refractivity contribution in [3.8, 4) is 0 Å². The highest BCUT2D eigenvalue weighted by atomic mass is 16.6. The van der Waals surface area contributed by atoms with E-state index in [4.69, 9.17) is 10.5 Å². The number of carbonyl (C=O) groups excluding carboxylic acids is 3. The van der Waals surface area contributed by atoms with E-state index in [1.165, 1.54) is 12.1 Å². The van der Waals surface area contributed by atoms with E-state index in [0.717, 1.165) is 0 Å². The average molecular weight is 323 g/mol. The van der Waals surface area contributed by atoms with Crippen molar-refractivity contribution >= 4 is 23.2 Å². The molecule has 0 heterocycles. The van der Waals surface area contributed by atoms with Gasteiger partial charge in [-0.3, -0.25) is 9.59 Å². The molecule has 1 aliphatic rings. The summed E-state index contributed by atoms with van der Waals surface area (Å²) in [6.07, 6.45) is 0. The van der Waals surface area contributed by atoms with E-state index < -0.39 is 11.6 Å². The van der Waals surface area contributed by atoms with Gasteiger partial charge in [-0.1, -0.05) is 24.3 Å². The lowest BCUT2D eigenvalue weighted by Crippen LogP contribution is -2.27. The van der Waals surface area contributed by atoms with E-state index in [1.807, 2.05) is 0 Å². The molecule has 5 heteroatoms. The Morgan fingerprint density at radius 2 is 1.50 bits per heavy atom. The maximum absolute atomic E-state index is 12.8. The Kier molecular flexibility index (Phi) is 3.52. The first-order chi connectivity index (χ1) is 11.2. The number of esters is 1. The van der Waals surface area contributed by atoms with Crippen LogP contribution in [0.1, 0.15) is 63.0 Å². The van der Waals surface area contributed by atoms with Crippen molar-refractivity contribution in [3.05, 3.63) is 64.2 Å². The van der Waals surface area contributed by atoms with Crippen molar-refractivity contribution in [1.82, 2.24) is 0 Å². The van der Waals surface area contributed by atoms with Gasteiger partial charge in [-0.15, -0.1) is 0 Å².